The fraction of sp³-hybridized carbons (Fsp3) is 0.481. The number of anilines is 6. The van der Waals surface area contributed by atoms with Crippen LogP contribution < -0.4 is 25.6 Å². The number of aromatic nitrogens is 4. The van der Waals surface area contributed by atoms with Crippen molar-refractivity contribution in [2.45, 2.75) is 45.1 Å². The summed E-state index contributed by atoms with van der Waals surface area (Å²) in [6.07, 6.45) is 3.83. The SMILES string of the molecule is COc1cc(N2CCC[C@@H]2CN(C)C)c(N)cc1Nc1ncnc(N2CC(C)(C)c3nc(C)ccc32)n1. The average molecular weight is 504 g/mol. The van der Waals surface area contributed by atoms with Crippen molar-refractivity contribution in [2.24, 2.45) is 0 Å². The number of fused-ring (bicyclic) bond motifs is 1. The Balaban J connectivity index is 1.42. The maximum atomic E-state index is 6.58. The van der Waals surface area contributed by atoms with Crippen LogP contribution in [0.15, 0.2) is 30.6 Å². The zero-order chi connectivity index (χ0) is 26.3. The molecule has 1 saturated heterocycles. The van der Waals surface area contributed by atoms with Crippen LogP contribution in [0.1, 0.15) is 38.1 Å². The highest BCUT2D eigenvalue weighted by molar-refractivity contribution is 5.80. The highest BCUT2D eigenvalue weighted by atomic mass is 16.5. The number of nitrogens with zero attached hydrogens (tertiary/aromatic N) is 7. The maximum absolute atomic E-state index is 6.58. The number of aryl methyl sites for hydroxylation is 1. The molecule has 0 radical (unpaired) electrons. The molecule has 10 nitrogen and oxygen atoms in total. The second-order valence-electron chi connectivity index (χ2n) is 10.9. The van der Waals surface area contributed by atoms with Gasteiger partial charge in [-0.25, -0.2) is 9.97 Å². The molecular formula is C27H37N9O. The summed E-state index contributed by atoms with van der Waals surface area (Å²) in [6.45, 7) is 9.10. The summed E-state index contributed by atoms with van der Waals surface area (Å²) >= 11 is 0. The highest BCUT2D eigenvalue weighted by Crippen LogP contribution is 2.43. The van der Waals surface area contributed by atoms with Crippen LogP contribution in [0.4, 0.5) is 34.6 Å². The van der Waals surface area contributed by atoms with Gasteiger partial charge in [-0.05, 0) is 52.1 Å². The molecule has 2 aliphatic rings. The lowest BCUT2D eigenvalue weighted by Gasteiger charge is -2.30. The summed E-state index contributed by atoms with van der Waals surface area (Å²) in [5.41, 5.74) is 12.0. The molecule has 1 fully saturated rings. The van der Waals surface area contributed by atoms with E-state index in [0.717, 1.165) is 55.2 Å². The van der Waals surface area contributed by atoms with Crippen molar-refractivity contribution in [2.75, 3.05) is 61.7 Å². The van der Waals surface area contributed by atoms with Gasteiger partial charge in [0.05, 0.1) is 35.6 Å². The first kappa shape index (κ1) is 25.0. The first-order valence-corrected chi connectivity index (χ1v) is 12.8. The molecule has 3 aromatic rings. The second-order valence-corrected chi connectivity index (χ2v) is 10.9. The first-order chi connectivity index (χ1) is 17.7. The van der Waals surface area contributed by atoms with E-state index >= 15 is 0 Å². The molecule has 0 spiro atoms. The van der Waals surface area contributed by atoms with E-state index < -0.39 is 0 Å². The van der Waals surface area contributed by atoms with Gasteiger partial charge in [0.1, 0.15) is 12.1 Å². The zero-order valence-electron chi connectivity index (χ0n) is 22.6. The summed E-state index contributed by atoms with van der Waals surface area (Å²) in [4.78, 5) is 25.1. The smallest absolute Gasteiger partial charge is 0.234 e. The molecule has 0 unspecified atom stereocenters. The third-order valence-electron chi connectivity index (χ3n) is 7.16. The largest absolute Gasteiger partial charge is 0.494 e. The van der Waals surface area contributed by atoms with Gasteiger partial charge >= 0.3 is 0 Å². The molecular weight excluding hydrogens is 466 g/mol. The normalized spacial score (nSPS) is 18.4. The van der Waals surface area contributed by atoms with Crippen molar-refractivity contribution in [1.29, 1.82) is 0 Å². The van der Waals surface area contributed by atoms with E-state index in [1.165, 1.54) is 6.33 Å². The van der Waals surface area contributed by atoms with E-state index in [1.54, 1.807) is 7.11 Å². The quantitative estimate of drug-likeness (QED) is 0.461. The van der Waals surface area contributed by atoms with Crippen molar-refractivity contribution in [3.8, 4) is 5.75 Å². The molecule has 1 aromatic carbocycles. The van der Waals surface area contributed by atoms with Crippen molar-refractivity contribution in [3.05, 3.63) is 42.0 Å². The van der Waals surface area contributed by atoms with Crippen LogP contribution in [-0.2, 0) is 5.41 Å². The molecule has 0 amide bonds. The number of rotatable bonds is 7. The Morgan fingerprint density at radius 3 is 2.73 bits per heavy atom. The Labute approximate surface area is 218 Å². The fourth-order valence-electron chi connectivity index (χ4n) is 5.46. The van der Waals surface area contributed by atoms with Crippen molar-refractivity contribution >= 4 is 34.6 Å². The number of methoxy groups -OCH3 is 1. The van der Waals surface area contributed by atoms with Gasteiger partial charge in [0.15, 0.2) is 0 Å². The highest BCUT2D eigenvalue weighted by Gasteiger charge is 2.38. The molecule has 37 heavy (non-hydrogen) atoms. The van der Waals surface area contributed by atoms with Crippen LogP contribution in [0, 0.1) is 6.92 Å². The third-order valence-corrected chi connectivity index (χ3v) is 7.16. The standard InChI is InChI=1S/C27H37N9O/c1-17-9-10-21-24(31-17)27(2,3)15-36(21)26-30-16-29-25(33-26)32-20-12-19(28)22(13-23(20)37-6)35-11-7-8-18(35)14-34(4)5/h9-10,12-13,16,18H,7-8,11,14-15,28H2,1-6H3,(H,29,30,32,33)/t18-/m1/s1. The lowest BCUT2D eigenvalue weighted by molar-refractivity contribution is 0.372. The molecule has 0 aliphatic carbocycles. The number of nitrogens with two attached hydrogens (primary N) is 1. The first-order valence-electron chi connectivity index (χ1n) is 12.8. The predicted octanol–water partition coefficient (Wildman–Crippen LogP) is 3.87. The summed E-state index contributed by atoms with van der Waals surface area (Å²) in [7, 11) is 5.88. The maximum Gasteiger partial charge on any atom is 0.234 e. The molecule has 10 heteroatoms. The number of hydrogen-bond acceptors (Lipinski definition) is 10. The fourth-order valence-corrected chi connectivity index (χ4v) is 5.46. The van der Waals surface area contributed by atoms with E-state index in [4.69, 9.17) is 20.4 Å². The van der Waals surface area contributed by atoms with Gasteiger partial charge in [-0.15, -0.1) is 0 Å². The van der Waals surface area contributed by atoms with Gasteiger partial charge < -0.3 is 30.5 Å². The van der Waals surface area contributed by atoms with Crippen LogP contribution in [-0.4, -0.2) is 71.7 Å². The van der Waals surface area contributed by atoms with Crippen LogP contribution in [0.3, 0.4) is 0 Å². The van der Waals surface area contributed by atoms with Gasteiger partial charge in [0.2, 0.25) is 11.9 Å². The average Bonchev–Trinajstić information content (AvgIpc) is 3.40. The van der Waals surface area contributed by atoms with Crippen LogP contribution in [0.5, 0.6) is 5.75 Å². The Kier molecular flexibility index (Phi) is 6.53. The number of benzene rings is 1. The molecule has 0 bridgehead atoms. The van der Waals surface area contributed by atoms with E-state index in [9.17, 15) is 0 Å². The van der Waals surface area contributed by atoms with Gasteiger partial charge in [0.25, 0.3) is 0 Å². The molecule has 196 valence electrons. The number of hydrogen-bond donors (Lipinski definition) is 2. The van der Waals surface area contributed by atoms with E-state index in [0.29, 0.717) is 35.1 Å². The van der Waals surface area contributed by atoms with Gasteiger partial charge in [0, 0.05) is 42.9 Å². The van der Waals surface area contributed by atoms with Gasteiger partial charge in [-0.2, -0.15) is 4.98 Å². The lowest BCUT2D eigenvalue weighted by atomic mass is 9.91. The number of pyridine rings is 1. The molecule has 1 atom stereocenters. The summed E-state index contributed by atoms with van der Waals surface area (Å²) in [5.74, 6) is 1.68. The van der Waals surface area contributed by atoms with Gasteiger partial charge in [-0.1, -0.05) is 13.8 Å². The third kappa shape index (κ3) is 4.85. The second kappa shape index (κ2) is 9.66. The minimum Gasteiger partial charge on any atom is -0.494 e. The van der Waals surface area contributed by atoms with Crippen molar-refractivity contribution < 1.29 is 4.74 Å². The van der Waals surface area contributed by atoms with E-state index in [-0.39, 0.29) is 5.41 Å². The van der Waals surface area contributed by atoms with E-state index in [1.807, 2.05) is 25.1 Å². The predicted molar refractivity (Wildman–Crippen MR) is 148 cm³/mol. The molecule has 5 rings (SSSR count). The van der Waals surface area contributed by atoms with E-state index in [2.05, 4.69) is 64.0 Å². The number of nitrogens with one attached hydrogen (secondary N) is 1. The Hall–Kier alpha value is -3.66. The molecule has 0 saturated carbocycles. The lowest BCUT2D eigenvalue weighted by Crippen LogP contribution is -2.37. The summed E-state index contributed by atoms with van der Waals surface area (Å²) in [5, 5.41) is 3.31. The molecule has 2 aliphatic heterocycles. The molecule has 4 heterocycles. The number of likely N-dealkylation sites (N-methyl/N-ethyl adjacent to an activating group) is 1. The van der Waals surface area contributed by atoms with Crippen LogP contribution >= 0.6 is 0 Å². The minimum absolute atomic E-state index is 0.116. The van der Waals surface area contributed by atoms with Gasteiger partial charge in [-0.3, -0.25) is 4.98 Å². The monoisotopic (exact) mass is 503 g/mol. The molecule has 2 aromatic heterocycles. The summed E-state index contributed by atoms with van der Waals surface area (Å²) in [6, 6.07) is 8.46. The Morgan fingerprint density at radius 2 is 1.97 bits per heavy atom. The topological polar surface area (TPSA) is 109 Å². The Bertz CT molecular complexity index is 1290. The van der Waals surface area contributed by atoms with Crippen molar-refractivity contribution in [3.63, 3.8) is 0 Å². The number of nitrogen functional groups attached to an aromatic ring is 1. The van der Waals surface area contributed by atoms with Crippen LogP contribution in [0.25, 0.3) is 0 Å². The number of ether oxygens (including phenoxy) is 1. The minimum atomic E-state index is -0.116. The van der Waals surface area contributed by atoms with Crippen molar-refractivity contribution in [1.82, 2.24) is 24.8 Å². The van der Waals surface area contributed by atoms with Crippen LogP contribution in [0.2, 0.25) is 0 Å². The Morgan fingerprint density at radius 1 is 1.16 bits per heavy atom. The molecule has 3 N–H and O–H groups in total. The summed E-state index contributed by atoms with van der Waals surface area (Å²) < 4.78 is 5.76. The zero-order valence-corrected chi connectivity index (χ0v) is 22.6.